The van der Waals surface area contributed by atoms with Gasteiger partial charge in [-0.2, -0.15) is 14.9 Å². The van der Waals surface area contributed by atoms with Gasteiger partial charge in [0.25, 0.3) is 0 Å². The van der Waals surface area contributed by atoms with Gasteiger partial charge in [-0.15, -0.1) is 0 Å². The maximum absolute atomic E-state index is 9.56. The summed E-state index contributed by atoms with van der Waals surface area (Å²) in [7, 11) is 3.18. The normalized spacial score (nSPS) is 10.7. The Morgan fingerprint density at radius 3 is 2.78 bits per heavy atom. The molecule has 23 heavy (non-hydrogen) atoms. The molecule has 3 aromatic rings. The van der Waals surface area contributed by atoms with Gasteiger partial charge in [0.15, 0.2) is 5.69 Å². The summed E-state index contributed by atoms with van der Waals surface area (Å²) in [4.78, 5) is 5.32. The molecule has 0 N–H and O–H groups in total. The molecule has 0 saturated heterocycles. The monoisotopic (exact) mass is 328 g/mol. The molecule has 6 nitrogen and oxygen atoms in total. The number of hydrogen-bond acceptors (Lipinski definition) is 6. The van der Waals surface area contributed by atoms with E-state index in [1.165, 1.54) is 11.3 Å². The van der Waals surface area contributed by atoms with Crippen molar-refractivity contribution in [3.05, 3.63) is 28.9 Å². The first-order valence-corrected chi connectivity index (χ1v) is 8.04. The fourth-order valence-corrected chi connectivity index (χ4v) is 3.38. The average molecular weight is 328 g/mol. The zero-order chi connectivity index (χ0) is 16.4. The predicted molar refractivity (Wildman–Crippen MR) is 88.1 cm³/mol. The Labute approximate surface area is 137 Å². The maximum Gasteiger partial charge on any atom is 0.214 e. The smallest absolute Gasteiger partial charge is 0.214 e. The van der Waals surface area contributed by atoms with Gasteiger partial charge in [-0.25, -0.2) is 4.98 Å². The Kier molecular flexibility index (Phi) is 4.17. The second-order valence-electron chi connectivity index (χ2n) is 4.93. The van der Waals surface area contributed by atoms with E-state index in [1.807, 2.05) is 12.1 Å². The van der Waals surface area contributed by atoms with Gasteiger partial charge in [-0.05, 0) is 18.6 Å². The van der Waals surface area contributed by atoms with Crippen LogP contribution in [0.15, 0.2) is 18.2 Å². The minimum atomic E-state index is 0.419. The molecule has 3 rings (SSSR count). The largest absolute Gasteiger partial charge is 0.497 e. The number of hydrogen-bond donors (Lipinski definition) is 0. The number of aryl methyl sites for hydroxylation is 1. The fraction of sp³-hybridized carbons (Fsp3) is 0.312. The van der Waals surface area contributed by atoms with Gasteiger partial charge in [0, 0.05) is 18.1 Å². The van der Waals surface area contributed by atoms with Crippen molar-refractivity contribution in [2.45, 2.75) is 19.8 Å². The first kappa shape index (κ1) is 15.3. The lowest BCUT2D eigenvalue weighted by atomic mass is 10.1. The minimum absolute atomic E-state index is 0.419. The van der Waals surface area contributed by atoms with Crippen LogP contribution in [-0.2, 0) is 6.42 Å². The molecule has 0 radical (unpaired) electrons. The van der Waals surface area contributed by atoms with Gasteiger partial charge >= 0.3 is 0 Å². The van der Waals surface area contributed by atoms with Crippen LogP contribution >= 0.6 is 11.3 Å². The Balaban J connectivity index is 2.17. The second kappa shape index (κ2) is 6.26. The minimum Gasteiger partial charge on any atom is -0.497 e. The summed E-state index contributed by atoms with van der Waals surface area (Å²) < 4.78 is 12.3. The van der Waals surface area contributed by atoms with E-state index in [0.717, 1.165) is 28.4 Å². The SMILES string of the molecule is CCCc1nn2c(C#N)c(-c3ccc(OC)cc3OC)nc2s1. The number of rotatable bonds is 5. The van der Waals surface area contributed by atoms with Crippen LogP contribution < -0.4 is 9.47 Å². The van der Waals surface area contributed by atoms with E-state index in [4.69, 9.17) is 9.47 Å². The van der Waals surface area contributed by atoms with Gasteiger partial charge in [0.2, 0.25) is 4.96 Å². The molecule has 0 spiro atoms. The third-order valence-corrected chi connectivity index (χ3v) is 4.45. The van der Waals surface area contributed by atoms with Gasteiger partial charge in [0.05, 0.1) is 14.2 Å². The van der Waals surface area contributed by atoms with Crippen LogP contribution in [0.2, 0.25) is 0 Å². The Morgan fingerprint density at radius 1 is 1.30 bits per heavy atom. The third kappa shape index (κ3) is 2.62. The van der Waals surface area contributed by atoms with E-state index in [2.05, 4.69) is 23.1 Å². The van der Waals surface area contributed by atoms with Crippen molar-refractivity contribution < 1.29 is 9.47 Å². The van der Waals surface area contributed by atoms with E-state index in [9.17, 15) is 5.26 Å². The van der Waals surface area contributed by atoms with Crippen molar-refractivity contribution >= 4 is 16.3 Å². The van der Waals surface area contributed by atoms with Crippen LogP contribution in [0, 0.1) is 11.3 Å². The summed E-state index contributed by atoms with van der Waals surface area (Å²) in [5.41, 5.74) is 1.75. The van der Waals surface area contributed by atoms with Crippen molar-refractivity contribution in [3.8, 4) is 28.8 Å². The summed E-state index contributed by atoms with van der Waals surface area (Å²) in [5.74, 6) is 1.30. The van der Waals surface area contributed by atoms with Crippen LogP contribution in [0.5, 0.6) is 11.5 Å². The third-order valence-electron chi connectivity index (χ3n) is 3.48. The van der Waals surface area contributed by atoms with E-state index in [-0.39, 0.29) is 0 Å². The highest BCUT2D eigenvalue weighted by Gasteiger charge is 2.20. The summed E-state index contributed by atoms with van der Waals surface area (Å²) in [6, 6.07) is 7.65. The lowest BCUT2D eigenvalue weighted by Gasteiger charge is -2.08. The van der Waals surface area contributed by atoms with Crippen molar-refractivity contribution in [3.63, 3.8) is 0 Å². The fourth-order valence-electron chi connectivity index (χ4n) is 2.39. The molecule has 0 aliphatic carbocycles. The van der Waals surface area contributed by atoms with Crippen LogP contribution in [0.1, 0.15) is 24.0 Å². The number of methoxy groups -OCH3 is 2. The molecule has 0 fully saturated rings. The number of nitrogens with zero attached hydrogens (tertiary/aromatic N) is 4. The molecule has 0 aliphatic rings. The molecule has 0 aliphatic heterocycles. The maximum atomic E-state index is 9.56. The van der Waals surface area contributed by atoms with Crippen LogP contribution in [0.25, 0.3) is 16.2 Å². The number of aromatic nitrogens is 3. The number of nitriles is 1. The number of fused-ring (bicyclic) bond motifs is 1. The summed E-state index contributed by atoms with van der Waals surface area (Å²) in [6.07, 6.45) is 1.90. The summed E-state index contributed by atoms with van der Waals surface area (Å²) in [6.45, 7) is 2.10. The van der Waals surface area contributed by atoms with Gasteiger partial charge in [-0.1, -0.05) is 18.3 Å². The average Bonchev–Trinajstić information content (AvgIpc) is 3.11. The Hall–Kier alpha value is -2.59. The molecule has 0 amide bonds. The first-order valence-electron chi connectivity index (χ1n) is 7.22. The van der Waals surface area contributed by atoms with Crippen LogP contribution in [0.3, 0.4) is 0 Å². The summed E-state index contributed by atoms with van der Waals surface area (Å²) >= 11 is 1.51. The topological polar surface area (TPSA) is 72.4 Å². The van der Waals surface area contributed by atoms with Gasteiger partial charge in [-0.3, -0.25) is 0 Å². The van der Waals surface area contributed by atoms with Gasteiger partial charge < -0.3 is 9.47 Å². The highest BCUT2D eigenvalue weighted by Crippen LogP contribution is 2.35. The highest BCUT2D eigenvalue weighted by molar-refractivity contribution is 7.16. The van der Waals surface area contributed by atoms with E-state index in [1.54, 1.807) is 24.8 Å². The van der Waals surface area contributed by atoms with E-state index >= 15 is 0 Å². The standard InChI is InChI=1S/C16H16N4O2S/c1-4-5-14-19-20-12(9-17)15(18-16(20)23-14)11-7-6-10(21-2)8-13(11)22-3/h6-8H,4-5H2,1-3H3. The van der Waals surface area contributed by atoms with E-state index < -0.39 is 0 Å². The van der Waals surface area contributed by atoms with Crippen LogP contribution in [-0.4, -0.2) is 28.8 Å². The first-order chi connectivity index (χ1) is 11.2. The van der Waals surface area contributed by atoms with Crippen molar-refractivity contribution in [2.24, 2.45) is 0 Å². The van der Waals surface area contributed by atoms with E-state index in [0.29, 0.717) is 22.9 Å². The highest BCUT2D eigenvalue weighted by atomic mass is 32.1. The zero-order valence-electron chi connectivity index (χ0n) is 13.2. The molecular weight excluding hydrogens is 312 g/mol. The Bertz CT molecular complexity index is 891. The molecule has 2 aromatic heterocycles. The summed E-state index contributed by atoms with van der Waals surface area (Å²) in [5, 5.41) is 15.0. The van der Waals surface area contributed by atoms with Crippen molar-refractivity contribution in [1.29, 1.82) is 5.26 Å². The van der Waals surface area contributed by atoms with Crippen LogP contribution in [0.4, 0.5) is 0 Å². The molecule has 0 bridgehead atoms. The molecule has 2 heterocycles. The molecule has 0 saturated carbocycles. The lowest BCUT2D eigenvalue weighted by Crippen LogP contribution is -1.95. The number of benzene rings is 1. The predicted octanol–water partition coefficient (Wildman–Crippen LogP) is 3.30. The van der Waals surface area contributed by atoms with Crippen molar-refractivity contribution in [1.82, 2.24) is 14.6 Å². The second-order valence-corrected chi connectivity index (χ2v) is 5.97. The molecule has 0 unspecified atom stereocenters. The quantitative estimate of drug-likeness (QED) is 0.718. The molecular formula is C16H16N4O2S. The molecule has 1 aromatic carbocycles. The molecule has 0 atom stereocenters. The number of imidazole rings is 1. The molecule has 7 heteroatoms. The number of ether oxygens (including phenoxy) is 2. The zero-order valence-corrected chi connectivity index (χ0v) is 14.0. The lowest BCUT2D eigenvalue weighted by molar-refractivity contribution is 0.395. The van der Waals surface area contributed by atoms with Gasteiger partial charge in [0.1, 0.15) is 28.3 Å². The Morgan fingerprint density at radius 2 is 2.13 bits per heavy atom. The van der Waals surface area contributed by atoms with Crippen molar-refractivity contribution in [2.75, 3.05) is 14.2 Å². The molecule has 118 valence electrons.